The Morgan fingerprint density at radius 1 is 1.00 bits per heavy atom. The lowest BCUT2D eigenvalue weighted by atomic mass is 10.1. The van der Waals surface area contributed by atoms with Gasteiger partial charge in [0.05, 0.1) is 13.2 Å². The van der Waals surface area contributed by atoms with Gasteiger partial charge in [-0.1, -0.05) is 23.8 Å². The summed E-state index contributed by atoms with van der Waals surface area (Å²) in [6.45, 7) is 8.65. The minimum absolute atomic E-state index is 0.759. The van der Waals surface area contributed by atoms with E-state index >= 15 is 0 Å². The molecule has 1 rings (SSSR count). The minimum Gasteiger partial charge on any atom is -0.383 e. The summed E-state index contributed by atoms with van der Waals surface area (Å²) in [7, 11) is 3.48. The number of nitrogens with zero attached hydrogens (tertiary/aromatic N) is 1. The summed E-state index contributed by atoms with van der Waals surface area (Å²) in [5, 5.41) is 0. The molecule has 0 bridgehead atoms. The molecule has 3 heteroatoms. The van der Waals surface area contributed by atoms with Gasteiger partial charge in [-0.25, -0.2) is 0 Å². The summed E-state index contributed by atoms with van der Waals surface area (Å²) in [5.74, 6) is 0. The van der Waals surface area contributed by atoms with Gasteiger partial charge < -0.3 is 9.47 Å². The number of methoxy groups -OCH3 is 2. The van der Waals surface area contributed by atoms with Crippen LogP contribution in [0.4, 0.5) is 0 Å². The van der Waals surface area contributed by atoms with E-state index in [1.807, 2.05) is 0 Å². The molecule has 0 fully saturated rings. The molecule has 0 aliphatic heterocycles. The first-order valence-corrected chi connectivity index (χ1v) is 6.43. The van der Waals surface area contributed by atoms with Crippen molar-refractivity contribution in [1.29, 1.82) is 0 Å². The van der Waals surface area contributed by atoms with Crippen molar-refractivity contribution in [2.75, 3.05) is 40.5 Å². The standard InChI is InChI=1S/C15H25NO2/c1-13-5-6-14(2)15(11-13)12-16(7-9-17-3)8-10-18-4/h5-6,11H,7-10,12H2,1-4H3. The predicted octanol–water partition coefficient (Wildman–Crippen LogP) is 2.40. The number of hydrogen-bond donors (Lipinski definition) is 0. The Balaban J connectivity index is 2.65. The molecule has 0 radical (unpaired) electrons. The fourth-order valence-corrected chi connectivity index (χ4v) is 1.92. The van der Waals surface area contributed by atoms with Crippen molar-refractivity contribution in [2.24, 2.45) is 0 Å². The normalized spacial score (nSPS) is 11.2. The van der Waals surface area contributed by atoms with E-state index < -0.39 is 0 Å². The first-order chi connectivity index (χ1) is 8.67. The minimum atomic E-state index is 0.759. The third-order valence-corrected chi connectivity index (χ3v) is 3.12. The summed E-state index contributed by atoms with van der Waals surface area (Å²) in [6, 6.07) is 6.62. The average Bonchev–Trinajstić information content (AvgIpc) is 2.37. The fourth-order valence-electron chi connectivity index (χ4n) is 1.92. The Hall–Kier alpha value is -0.900. The highest BCUT2D eigenvalue weighted by molar-refractivity contribution is 5.30. The molecule has 1 aromatic rings. The number of hydrogen-bond acceptors (Lipinski definition) is 3. The zero-order valence-electron chi connectivity index (χ0n) is 12.0. The molecule has 3 nitrogen and oxygen atoms in total. The van der Waals surface area contributed by atoms with Gasteiger partial charge in [0, 0.05) is 33.9 Å². The van der Waals surface area contributed by atoms with Crippen molar-refractivity contribution < 1.29 is 9.47 Å². The highest BCUT2D eigenvalue weighted by atomic mass is 16.5. The molecule has 0 unspecified atom stereocenters. The third-order valence-electron chi connectivity index (χ3n) is 3.12. The van der Waals surface area contributed by atoms with Gasteiger partial charge in [0.15, 0.2) is 0 Å². The second-order valence-corrected chi connectivity index (χ2v) is 4.69. The average molecular weight is 251 g/mol. The van der Waals surface area contributed by atoms with E-state index in [1.165, 1.54) is 16.7 Å². The van der Waals surface area contributed by atoms with Gasteiger partial charge in [-0.05, 0) is 25.0 Å². The topological polar surface area (TPSA) is 21.7 Å². The molecule has 0 N–H and O–H groups in total. The Bertz CT molecular complexity index is 344. The quantitative estimate of drug-likeness (QED) is 0.708. The van der Waals surface area contributed by atoms with Gasteiger partial charge in [-0.15, -0.1) is 0 Å². The molecule has 1 aromatic carbocycles. The van der Waals surface area contributed by atoms with Gasteiger partial charge in [-0.3, -0.25) is 4.90 Å². The number of rotatable bonds is 8. The zero-order valence-corrected chi connectivity index (χ0v) is 12.0. The third kappa shape index (κ3) is 5.17. The molecule has 0 spiro atoms. The Morgan fingerprint density at radius 3 is 2.17 bits per heavy atom. The first-order valence-electron chi connectivity index (χ1n) is 6.43. The Morgan fingerprint density at radius 2 is 1.61 bits per heavy atom. The molecule has 0 heterocycles. The van der Waals surface area contributed by atoms with Crippen LogP contribution in [0, 0.1) is 13.8 Å². The second-order valence-electron chi connectivity index (χ2n) is 4.69. The van der Waals surface area contributed by atoms with Crippen LogP contribution in [0.1, 0.15) is 16.7 Å². The lowest BCUT2D eigenvalue weighted by Gasteiger charge is -2.22. The van der Waals surface area contributed by atoms with Crippen LogP contribution in [0.25, 0.3) is 0 Å². The van der Waals surface area contributed by atoms with Crippen LogP contribution in [0.2, 0.25) is 0 Å². The summed E-state index contributed by atoms with van der Waals surface area (Å²) in [4.78, 5) is 2.37. The van der Waals surface area contributed by atoms with E-state index in [2.05, 4.69) is 36.9 Å². The van der Waals surface area contributed by atoms with Crippen molar-refractivity contribution in [3.8, 4) is 0 Å². The van der Waals surface area contributed by atoms with Gasteiger partial charge in [0.2, 0.25) is 0 Å². The smallest absolute Gasteiger partial charge is 0.0589 e. The van der Waals surface area contributed by atoms with Crippen molar-refractivity contribution in [1.82, 2.24) is 4.90 Å². The van der Waals surface area contributed by atoms with E-state index in [0.717, 1.165) is 32.8 Å². The monoisotopic (exact) mass is 251 g/mol. The second kappa shape index (κ2) is 8.25. The molecule has 102 valence electrons. The Kier molecular flexibility index (Phi) is 6.94. The molecular weight excluding hydrogens is 226 g/mol. The Labute approximate surface area is 111 Å². The molecule has 0 amide bonds. The molecular formula is C15H25NO2. The van der Waals surface area contributed by atoms with E-state index in [9.17, 15) is 0 Å². The van der Waals surface area contributed by atoms with Gasteiger partial charge in [0.25, 0.3) is 0 Å². The van der Waals surface area contributed by atoms with E-state index in [-0.39, 0.29) is 0 Å². The first kappa shape index (κ1) is 15.2. The summed E-state index contributed by atoms with van der Waals surface area (Å²) < 4.78 is 10.3. The van der Waals surface area contributed by atoms with Crippen molar-refractivity contribution >= 4 is 0 Å². The maximum atomic E-state index is 5.16. The lowest BCUT2D eigenvalue weighted by molar-refractivity contribution is 0.110. The van der Waals surface area contributed by atoms with Crippen LogP contribution in [-0.2, 0) is 16.0 Å². The maximum Gasteiger partial charge on any atom is 0.0589 e. The van der Waals surface area contributed by atoms with Crippen LogP contribution in [0.3, 0.4) is 0 Å². The van der Waals surface area contributed by atoms with Crippen LogP contribution in [0.5, 0.6) is 0 Å². The molecule has 0 aromatic heterocycles. The number of ether oxygens (including phenoxy) is 2. The molecule has 18 heavy (non-hydrogen) atoms. The molecule has 0 saturated heterocycles. The highest BCUT2D eigenvalue weighted by Gasteiger charge is 2.07. The van der Waals surface area contributed by atoms with Gasteiger partial charge in [-0.2, -0.15) is 0 Å². The molecule has 0 aliphatic carbocycles. The van der Waals surface area contributed by atoms with Crippen molar-refractivity contribution in [2.45, 2.75) is 20.4 Å². The van der Waals surface area contributed by atoms with Crippen molar-refractivity contribution in [3.63, 3.8) is 0 Å². The van der Waals surface area contributed by atoms with E-state index in [0.29, 0.717) is 0 Å². The van der Waals surface area contributed by atoms with E-state index in [1.54, 1.807) is 14.2 Å². The largest absolute Gasteiger partial charge is 0.383 e. The molecule has 0 aliphatic rings. The van der Waals surface area contributed by atoms with Crippen LogP contribution < -0.4 is 0 Å². The van der Waals surface area contributed by atoms with Crippen LogP contribution in [-0.4, -0.2) is 45.4 Å². The lowest BCUT2D eigenvalue weighted by Crippen LogP contribution is -2.30. The number of benzene rings is 1. The predicted molar refractivity (Wildman–Crippen MR) is 74.9 cm³/mol. The fraction of sp³-hybridized carbons (Fsp3) is 0.600. The SMILES string of the molecule is COCCN(CCOC)Cc1cc(C)ccc1C. The van der Waals surface area contributed by atoms with Crippen LogP contribution >= 0.6 is 0 Å². The van der Waals surface area contributed by atoms with Gasteiger partial charge >= 0.3 is 0 Å². The maximum absolute atomic E-state index is 5.16. The summed E-state index contributed by atoms with van der Waals surface area (Å²) >= 11 is 0. The summed E-state index contributed by atoms with van der Waals surface area (Å²) in [5.41, 5.74) is 4.05. The van der Waals surface area contributed by atoms with Gasteiger partial charge in [0.1, 0.15) is 0 Å². The van der Waals surface area contributed by atoms with Crippen LogP contribution in [0.15, 0.2) is 18.2 Å². The highest BCUT2D eigenvalue weighted by Crippen LogP contribution is 2.13. The molecule has 0 atom stereocenters. The molecule has 0 saturated carbocycles. The van der Waals surface area contributed by atoms with E-state index in [4.69, 9.17) is 9.47 Å². The zero-order chi connectivity index (χ0) is 13.4. The van der Waals surface area contributed by atoms with Crippen molar-refractivity contribution in [3.05, 3.63) is 34.9 Å². The summed E-state index contributed by atoms with van der Waals surface area (Å²) in [6.07, 6.45) is 0. The number of aryl methyl sites for hydroxylation is 2.